The maximum atomic E-state index is 13.2. The number of carbonyl (C=O) groups excluding carboxylic acids is 1. The van der Waals surface area contributed by atoms with Gasteiger partial charge in [-0.2, -0.15) is 5.10 Å². The number of nitrogens with zero attached hydrogens (tertiary/aromatic N) is 4. The van der Waals surface area contributed by atoms with Crippen molar-refractivity contribution in [2.45, 2.75) is 71.4 Å². The van der Waals surface area contributed by atoms with Crippen molar-refractivity contribution in [3.8, 4) is 0 Å². The molecule has 1 aliphatic carbocycles. The number of hydrogen-bond donors (Lipinski definition) is 1. The molecule has 1 atom stereocenters. The average molecular weight is 389 g/mol. The highest BCUT2D eigenvalue weighted by Gasteiger charge is 2.34. The average Bonchev–Trinajstić information content (AvgIpc) is 3.36. The van der Waals surface area contributed by atoms with Crippen LogP contribution in [0.4, 0.5) is 0 Å². The Bertz CT molecular complexity index is 685. The van der Waals surface area contributed by atoms with Crippen LogP contribution in [0.5, 0.6) is 0 Å². The molecule has 2 aliphatic heterocycles. The fraction of sp³-hybridized carbons (Fsp3) is 0.818. The zero-order valence-electron chi connectivity index (χ0n) is 17.6. The highest BCUT2D eigenvalue weighted by atomic mass is 16.3. The fourth-order valence-corrected chi connectivity index (χ4v) is 5.22. The lowest BCUT2D eigenvalue weighted by atomic mass is 9.87. The van der Waals surface area contributed by atoms with Crippen LogP contribution in [0.3, 0.4) is 0 Å². The molecule has 3 aliphatic rings. The summed E-state index contributed by atoms with van der Waals surface area (Å²) in [7, 11) is 0. The number of aliphatic hydroxyl groups is 1. The monoisotopic (exact) mass is 388 g/mol. The lowest BCUT2D eigenvalue weighted by Gasteiger charge is -2.39. The number of likely N-dealkylation sites (tertiary alicyclic amines) is 2. The van der Waals surface area contributed by atoms with Gasteiger partial charge in [-0.3, -0.25) is 9.48 Å². The third kappa shape index (κ3) is 3.99. The smallest absolute Gasteiger partial charge is 0.274 e. The summed E-state index contributed by atoms with van der Waals surface area (Å²) < 4.78 is 2.14. The van der Waals surface area contributed by atoms with Crippen LogP contribution in [0.1, 0.15) is 67.7 Å². The van der Waals surface area contributed by atoms with Crippen molar-refractivity contribution in [2.75, 3.05) is 32.8 Å². The molecule has 2 saturated heterocycles. The van der Waals surface area contributed by atoms with Gasteiger partial charge in [0.2, 0.25) is 0 Å². The summed E-state index contributed by atoms with van der Waals surface area (Å²) >= 11 is 0. The predicted octanol–water partition coefficient (Wildman–Crippen LogP) is 2.34. The van der Waals surface area contributed by atoms with Crippen LogP contribution in [0.25, 0.3) is 0 Å². The number of aromatic nitrogens is 2. The molecule has 2 fully saturated rings. The summed E-state index contributed by atoms with van der Waals surface area (Å²) in [4.78, 5) is 17.8. The van der Waals surface area contributed by atoms with Gasteiger partial charge in [0.05, 0.1) is 0 Å². The molecule has 0 aromatic carbocycles. The van der Waals surface area contributed by atoms with Crippen LogP contribution in [0.15, 0.2) is 0 Å². The molecule has 1 aromatic heterocycles. The van der Waals surface area contributed by atoms with E-state index < -0.39 is 0 Å². The van der Waals surface area contributed by atoms with Gasteiger partial charge in [0, 0.05) is 43.5 Å². The number of piperidine rings is 1. The first-order valence-corrected chi connectivity index (χ1v) is 11.3. The maximum absolute atomic E-state index is 13.2. The van der Waals surface area contributed by atoms with Gasteiger partial charge in [0.1, 0.15) is 0 Å². The minimum atomic E-state index is 0.149. The SMILES string of the molecule is CC(C)Cn1nc(C(=O)N2CCCC2)c2c1CC[C@H](N1CCC(CO)CC1)C2. The second-order valence-corrected chi connectivity index (χ2v) is 9.41. The van der Waals surface area contributed by atoms with Crippen LogP contribution in [-0.4, -0.2) is 69.4 Å². The zero-order valence-corrected chi connectivity index (χ0v) is 17.6. The van der Waals surface area contributed by atoms with E-state index in [1.165, 1.54) is 11.3 Å². The van der Waals surface area contributed by atoms with Gasteiger partial charge in [0.25, 0.3) is 5.91 Å². The molecule has 6 nitrogen and oxygen atoms in total. The molecule has 6 heteroatoms. The Morgan fingerprint density at radius 2 is 1.86 bits per heavy atom. The number of fused-ring (bicyclic) bond motifs is 1. The molecule has 0 unspecified atom stereocenters. The first-order chi connectivity index (χ1) is 13.6. The molecular weight excluding hydrogens is 352 g/mol. The Balaban J connectivity index is 1.56. The second kappa shape index (κ2) is 8.54. The topological polar surface area (TPSA) is 61.6 Å². The van der Waals surface area contributed by atoms with Gasteiger partial charge < -0.3 is 14.9 Å². The minimum Gasteiger partial charge on any atom is -0.396 e. The standard InChI is InChI=1S/C22H36N4O2/c1-16(2)14-26-20-6-5-18(24-11-7-17(15-27)8-12-24)13-19(20)21(23-26)22(28)25-9-3-4-10-25/h16-18,27H,3-15H2,1-2H3/t18-/m0/s1. The molecule has 1 aromatic rings. The van der Waals surface area contributed by atoms with E-state index in [9.17, 15) is 9.90 Å². The first kappa shape index (κ1) is 19.9. The summed E-state index contributed by atoms with van der Waals surface area (Å²) in [6.45, 7) is 9.54. The molecule has 156 valence electrons. The third-order valence-electron chi connectivity index (χ3n) is 6.88. The molecule has 3 heterocycles. The van der Waals surface area contributed by atoms with Crippen molar-refractivity contribution in [3.63, 3.8) is 0 Å². The second-order valence-electron chi connectivity index (χ2n) is 9.41. The number of carbonyl (C=O) groups is 1. The maximum Gasteiger partial charge on any atom is 0.274 e. The summed E-state index contributed by atoms with van der Waals surface area (Å²) in [6.07, 6.45) is 7.53. The van der Waals surface area contributed by atoms with E-state index in [1.54, 1.807) is 0 Å². The normalized spacial score (nSPS) is 24.1. The highest BCUT2D eigenvalue weighted by Crippen LogP contribution is 2.31. The van der Waals surface area contributed by atoms with E-state index in [0.29, 0.717) is 24.5 Å². The fourth-order valence-electron chi connectivity index (χ4n) is 5.22. The van der Waals surface area contributed by atoms with Crippen molar-refractivity contribution < 1.29 is 9.90 Å². The van der Waals surface area contributed by atoms with Crippen molar-refractivity contribution in [2.24, 2.45) is 11.8 Å². The lowest BCUT2D eigenvalue weighted by molar-refractivity contribution is 0.0780. The van der Waals surface area contributed by atoms with Crippen molar-refractivity contribution in [1.82, 2.24) is 19.6 Å². The molecule has 0 bridgehead atoms. The predicted molar refractivity (Wildman–Crippen MR) is 109 cm³/mol. The van der Waals surface area contributed by atoms with Crippen LogP contribution in [0.2, 0.25) is 0 Å². The number of rotatable bonds is 5. The van der Waals surface area contributed by atoms with Gasteiger partial charge in [-0.25, -0.2) is 0 Å². The van der Waals surface area contributed by atoms with Gasteiger partial charge in [-0.05, 0) is 69.9 Å². The lowest BCUT2D eigenvalue weighted by Crippen LogP contribution is -2.45. The Morgan fingerprint density at radius 1 is 1.14 bits per heavy atom. The highest BCUT2D eigenvalue weighted by molar-refractivity contribution is 5.94. The summed E-state index contributed by atoms with van der Waals surface area (Å²) in [5.41, 5.74) is 3.25. The van der Waals surface area contributed by atoms with E-state index in [4.69, 9.17) is 5.10 Å². The van der Waals surface area contributed by atoms with Gasteiger partial charge in [0.15, 0.2) is 5.69 Å². The molecule has 0 saturated carbocycles. The minimum absolute atomic E-state index is 0.149. The number of aliphatic hydroxyl groups excluding tert-OH is 1. The van der Waals surface area contributed by atoms with Crippen LogP contribution in [0, 0.1) is 11.8 Å². The summed E-state index contributed by atoms with van der Waals surface area (Å²) in [5.74, 6) is 1.14. The van der Waals surface area contributed by atoms with Crippen molar-refractivity contribution >= 4 is 5.91 Å². The summed E-state index contributed by atoms with van der Waals surface area (Å²) in [6, 6.07) is 0.508. The molecule has 0 radical (unpaired) electrons. The van der Waals surface area contributed by atoms with E-state index in [2.05, 4.69) is 23.4 Å². The van der Waals surface area contributed by atoms with Gasteiger partial charge in [-0.1, -0.05) is 13.8 Å². The van der Waals surface area contributed by atoms with E-state index in [0.717, 1.165) is 83.4 Å². The molecule has 1 N–H and O–H groups in total. The zero-order chi connectivity index (χ0) is 19.7. The third-order valence-corrected chi connectivity index (χ3v) is 6.88. The Morgan fingerprint density at radius 3 is 2.50 bits per heavy atom. The van der Waals surface area contributed by atoms with E-state index in [-0.39, 0.29) is 5.91 Å². The van der Waals surface area contributed by atoms with Crippen molar-refractivity contribution in [3.05, 3.63) is 17.0 Å². The summed E-state index contributed by atoms with van der Waals surface area (Å²) in [5, 5.41) is 14.3. The molecule has 1 amide bonds. The van der Waals surface area contributed by atoms with E-state index in [1.807, 2.05) is 4.90 Å². The molecule has 0 spiro atoms. The molecule has 4 rings (SSSR count). The Labute approximate surface area is 168 Å². The van der Waals surface area contributed by atoms with Crippen molar-refractivity contribution in [1.29, 1.82) is 0 Å². The first-order valence-electron chi connectivity index (χ1n) is 11.3. The number of amides is 1. The number of hydrogen-bond acceptors (Lipinski definition) is 4. The van der Waals surface area contributed by atoms with Crippen LogP contribution >= 0.6 is 0 Å². The van der Waals surface area contributed by atoms with Gasteiger partial charge >= 0.3 is 0 Å². The largest absolute Gasteiger partial charge is 0.396 e. The van der Waals surface area contributed by atoms with Crippen LogP contribution in [-0.2, 0) is 19.4 Å². The Hall–Kier alpha value is -1.40. The quantitative estimate of drug-likeness (QED) is 0.841. The van der Waals surface area contributed by atoms with E-state index >= 15 is 0 Å². The van der Waals surface area contributed by atoms with Gasteiger partial charge in [-0.15, -0.1) is 0 Å². The molecule has 28 heavy (non-hydrogen) atoms. The van der Waals surface area contributed by atoms with Crippen LogP contribution < -0.4 is 0 Å². The Kier molecular flexibility index (Phi) is 6.07. The molecular formula is C22H36N4O2.